The van der Waals surface area contributed by atoms with Crippen molar-refractivity contribution in [2.75, 3.05) is 0 Å². The summed E-state index contributed by atoms with van der Waals surface area (Å²) in [6.45, 7) is 5.44. The van der Waals surface area contributed by atoms with Crippen LogP contribution in [0.15, 0.2) is 17.6 Å². The lowest BCUT2D eigenvalue weighted by Gasteiger charge is -2.17. The van der Waals surface area contributed by atoms with E-state index in [0.29, 0.717) is 5.69 Å². The predicted molar refractivity (Wildman–Crippen MR) is 85.0 cm³/mol. The Labute approximate surface area is 132 Å². The molecule has 22 heavy (non-hydrogen) atoms. The number of carboxylic acids is 1. The fourth-order valence-electron chi connectivity index (χ4n) is 2.16. The summed E-state index contributed by atoms with van der Waals surface area (Å²) in [6, 6.07) is 0.815. The number of nitrogens with one attached hydrogen (secondary N) is 1. The molecule has 1 unspecified atom stereocenters. The van der Waals surface area contributed by atoms with Gasteiger partial charge in [-0.15, -0.1) is 11.3 Å². The van der Waals surface area contributed by atoms with Crippen molar-refractivity contribution in [3.63, 3.8) is 0 Å². The Hall–Kier alpha value is -2.15. The lowest BCUT2D eigenvalue weighted by Crippen LogP contribution is -2.44. The van der Waals surface area contributed by atoms with Crippen molar-refractivity contribution in [2.24, 2.45) is 13.0 Å². The zero-order valence-corrected chi connectivity index (χ0v) is 13.8. The number of nitrogens with zero attached hydrogens (tertiary/aromatic N) is 2. The monoisotopic (exact) mass is 321 g/mol. The van der Waals surface area contributed by atoms with Gasteiger partial charge in [0.05, 0.1) is 10.7 Å². The summed E-state index contributed by atoms with van der Waals surface area (Å²) in [5.74, 6) is -1.63. The van der Waals surface area contributed by atoms with Gasteiger partial charge < -0.3 is 15.0 Å². The van der Waals surface area contributed by atoms with Crippen LogP contribution in [0.2, 0.25) is 0 Å². The maximum atomic E-state index is 12.3. The van der Waals surface area contributed by atoms with Crippen molar-refractivity contribution in [2.45, 2.75) is 26.8 Å². The van der Waals surface area contributed by atoms with E-state index in [2.05, 4.69) is 10.3 Å². The van der Waals surface area contributed by atoms with E-state index in [9.17, 15) is 9.59 Å². The highest BCUT2D eigenvalue weighted by molar-refractivity contribution is 7.09. The van der Waals surface area contributed by atoms with Crippen LogP contribution in [-0.2, 0) is 11.8 Å². The van der Waals surface area contributed by atoms with Gasteiger partial charge in [0.25, 0.3) is 5.91 Å². The minimum Gasteiger partial charge on any atom is -0.480 e. The van der Waals surface area contributed by atoms with Crippen LogP contribution in [0.5, 0.6) is 0 Å². The summed E-state index contributed by atoms with van der Waals surface area (Å²) in [5, 5.41) is 14.6. The van der Waals surface area contributed by atoms with Crippen LogP contribution in [-0.4, -0.2) is 32.6 Å². The molecule has 0 radical (unpaired) electrons. The molecule has 0 aliphatic carbocycles. The molecule has 1 amide bonds. The normalized spacial score (nSPS) is 12.4. The highest BCUT2D eigenvalue weighted by atomic mass is 32.1. The molecule has 0 aromatic carbocycles. The second kappa shape index (κ2) is 6.31. The van der Waals surface area contributed by atoms with Crippen molar-refractivity contribution >= 4 is 23.2 Å². The average molecular weight is 321 g/mol. The van der Waals surface area contributed by atoms with E-state index in [0.717, 1.165) is 16.3 Å². The van der Waals surface area contributed by atoms with Crippen molar-refractivity contribution in [1.82, 2.24) is 14.9 Å². The van der Waals surface area contributed by atoms with Crippen LogP contribution >= 0.6 is 11.3 Å². The summed E-state index contributed by atoms with van der Waals surface area (Å²) in [5.41, 5.74) is 2.07. The highest BCUT2D eigenvalue weighted by Gasteiger charge is 2.25. The number of carboxylic acid groups (broad SMARTS) is 1. The molecule has 0 saturated heterocycles. The Morgan fingerprint density at radius 2 is 2.09 bits per heavy atom. The fourth-order valence-corrected chi connectivity index (χ4v) is 2.78. The zero-order chi connectivity index (χ0) is 16.4. The van der Waals surface area contributed by atoms with E-state index in [1.54, 1.807) is 42.9 Å². The molecule has 2 aromatic rings. The second-order valence-electron chi connectivity index (χ2n) is 5.51. The van der Waals surface area contributed by atoms with Gasteiger partial charge >= 0.3 is 5.97 Å². The third kappa shape index (κ3) is 3.36. The van der Waals surface area contributed by atoms with E-state index in [1.807, 2.05) is 18.5 Å². The van der Waals surface area contributed by atoms with Crippen molar-refractivity contribution in [3.8, 4) is 11.3 Å². The van der Waals surface area contributed by atoms with E-state index in [4.69, 9.17) is 5.11 Å². The van der Waals surface area contributed by atoms with Crippen LogP contribution in [0.3, 0.4) is 0 Å². The van der Waals surface area contributed by atoms with E-state index < -0.39 is 17.9 Å². The molecule has 2 aromatic heterocycles. The summed E-state index contributed by atoms with van der Waals surface area (Å²) in [7, 11) is 1.75. The highest BCUT2D eigenvalue weighted by Crippen LogP contribution is 2.23. The smallest absolute Gasteiger partial charge is 0.326 e. The Morgan fingerprint density at radius 3 is 2.59 bits per heavy atom. The lowest BCUT2D eigenvalue weighted by atomic mass is 10.0. The molecule has 0 fully saturated rings. The number of thiazole rings is 1. The number of hydrogen-bond acceptors (Lipinski definition) is 4. The first-order chi connectivity index (χ1) is 10.3. The maximum Gasteiger partial charge on any atom is 0.326 e. The van der Waals surface area contributed by atoms with Gasteiger partial charge in [0.1, 0.15) is 11.7 Å². The minimum absolute atomic E-state index is 0.192. The fraction of sp³-hybridized carbons (Fsp3) is 0.400. The third-order valence-electron chi connectivity index (χ3n) is 3.37. The first kappa shape index (κ1) is 16.2. The van der Waals surface area contributed by atoms with Gasteiger partial charge in [-0.25, -0.2) is 9.78 Å². The van der Waals surface area contributed by atoms with Gasteiger partial charge in [-0.3, -0.25) is 4.79 Å². The predicted octanol–water partition coefficient (Wildman–Crippen LogP) is 2.30. The third-order valence-corrected chi connectivity index (χ3v) is 4.15. The number of aliphatic carboxylic acids is 1. The number of hydrogen-bond donors (Lipinski definition) is 2. The molecular weight excluding hydrogens is 302 g/mol. The Morgan fingerprint density at radius 1 is 1.41 bits per heavy atom. The number of carbonyl (C=O) groups excluding carboxylic acids is 1. The molecular formula is C15H19N3O3S. The topological polar surface area (TPSA) is 84.2 Å². The number of carbonyl (C=O) groups is 2. The molecule has 0 bridgehead atoms. The second-order valence-corrected chi connectivity index (χ2v) is 6.57. The lowest BCUT2D eigenvalue weighted by molar-refractivity contribution is -0.140. The zero-order valence-electron chi connectivity index (χ0n) is 13.0. The van der Waals surface area contributed by atoms with Crippen molar-refractivity contribution in [1.29, 1.82) is 0 Å². The number of amides is 1. The Bertz CT molecular complexity index is 703. The number of aromatic nitrogens is 2. The molecule has 0 aliphatic rings. The number of rotatable bonds is 5. The molecule has 2 rings (SSSR count). The number of aryl methyl sites for hydroxylation is 2. The molecule has 7 heteroatoms. The molecule has 118 valence electrons. The van der Waals surface area contributed by atoms with Crippen molar-refractivity contribution in [3.05, 3.63) is 28.3 Å². The van der Waals surface area contributed by atoms with Crippen LogP contribution in [0.4, 0.5) is 0 Å². The molecule has 0 spiro atoms. The Kier molecular flexibility index (Phi) is 4.65. The van der Waals surface area contributed by atoms with Gasteiger partial charge in [0.2, 0.25) is 0 Å². The molecule has 2 N–H and O–H groups in total. The summed E-state index contributed by atoms with van der Waals surface area (Å²) in [6.07, 6.45) is 1.81. The molecule has 2 heterocycles. The Balaban J connectivity index is 2.24. The van der Waals surface area contributed by atoms with Crippen LogP contribution < -0.4 is 5.32 Å². The van der Waals surface area contributed by atoms with Gasteiger partial charge in [-0.1, -0.05) is 13.8 Å². The molecule has 0 saturated carbocycles. The van der Waals surface area contributed by atoms with E-state index >= 15 is 0 Å². The molecule has 0 aliphatic heterocycles. The first-order valence-electron chi connectivity index (χ1n) is 6.92. The average Bonchev–Trinajstić information content (AvgIpc) is 3.01. The SMILES string of the molecule is Cc1nc(-c2cc(C(=O)NC(C(=O)O)C(C)C)n(C)c2)cs1. The summed E-state index contributed by atoms with van der Waals surface area (Å²) < 4.78 is 1.68. The maximum absolute atomic E-state index is 12.3. The van der Waals surface area contributed by atoms with Crippen molar-refractivity contribution < 1.29 is 14.7 Å². The quantitative estimate of drug-likeness (QED) is 0.885. The van der Waals surface area contributed by atoms with E-state index in [1.165, 1.54) is 0 Å². The largest absolute Gasteiger partial charge is 0.480 e. The van der Waals surface area contributed by atoms with Gasteiger partial charge in [-0.05, 0) is 18.9 Å². The minimum atomic E-state index is -1.03. The van der Waals surface area contributed by atoms with Crippen LogP contribution in [0, 0.1) is 12.8 Å². The summed E-state index contributed by atoms with van der Waals surface area (Å²) in [4.78, 5) is 27.9. The van der Waals surface area contributed by atoms with E-state index in [-0.39, 0.29) is 5.92 Å². The summed E-state index contributed by atoms with van der Waals surface area (Å²) >= 11 is 1.54. The molecule has 1 atom stereocenters. The van der Waals surface area contributed by atoms with Gasteiger partial charge in [-0.2, -0.15) is 0 Å². The van der Waals surface area contributed by atoms with Gasteiger partial charge in [0.15, 0.2) is 0 Å². The standard InChI is InChI=1S/C15H19N3O3S/c1-8(2)13(15(20)21)17-14(19)12-5-10(6-18(12)4)11-7-22-9(3)16-11/h5-8,13H,1-4H3,(H,17,19)(H,20,21). The molecule has 6 nitrogen and oxygen atoms in total. The first-order valence-corrected chi connectivity index (χ1v) is 7.80. The van der Waals surface area contributed by atoms with Gasteiger partial charge in [0, 0.05) is 24.2 Å². The van der Waals surface area contributed by atoms with Crippen LogP contribution in [0.25, 0.3) is 11.3 Å². The van der Waals surface area contributed by atoms with Crippen LogP contribution in [0.1, 0.15) is 29.3 Å².